The first-order chi connectivity index (χ1) is 15.5. The van der Waals surface area contributed by atoms with Crippen LogP contribution in [0.15, 0.2) is 65.7 Å². The Morgan fingerprint density at radius 3 is 2.06 bits per heavy atom. The second kappa shape index (κ2) is 8.83. The topological polar surface area (TPSA) is 61.3 Å². The number of hydrogen-bond donors (Lipinski definition) is 1. The second-order valence-corrected chi connectivity index (χ2v) is 7.85. The summed E-state index contributed by atoms with van der Waals surface area (Å²) >= 11 is 0. The number of nitrogens with one attached hydrogen (secondary N) is 1. The summed E-state index contributed by atoms with van der Waals surface area (Å²) < 4.78 is 22.0. The highest BCUT2D eigenvalue weighted by Gasteiger charge is 2.33. The second-order valence-electron chi connectivity index (χ2n) is 7.85. The van der Waals surface area contributed by atoms with E-state index in [1.165, 1.54) is 0 Å². The standard InChI is InChI=1S/C26H28N2O4/c1-26(18-11-13-23(30-3)25(15-18)32-5)16-21(27-19-8-6-7-9-20(19)28-26)17-10-12-22(29-2)24(14-17)31-4/h6-15,28H,16H2,1-5H3. The molecule has 0 radical (unpaired) electrons. The van der Waals surface area contributed by atoms with E-state index in [0.29, 0.717) is 29.4 Å². The van der Waals surface area contributed by atoms with Crippen LogP contribution in [0, 0.1) is 0 Å². The third-order valence-electron chi connectivity index (χ3n) is 5.83. The molecular weight excluding hydrogens is 404 g/mol. The highest BCUT2D eigenvalue weighted by Crippen LogP contribution is 2.42. The van der Waals surface area contributed by atoms with Gasteiger partial charge in [-0.2, -0.15) is 0 Å². The minimum atomic E-state index is -0.446. The third-order valence-corrected chi connectivity index (χ3v) is 5.83. The molecule has 1 unspecified atom stereocenters. The van der Waals surface area contributed by atoms with E-state index in [0.717, 1.165) is 28.2 Å². The maximum absolute atomic E-state index is 5.57. The molecule has 0 aliphatic carbocycles. The van der Waals surface area contributed by atoms with Gasteiger partial charge in [-0.1, -0.05) is 18.2 Å². The highest BCUT2D eigenvalue weighted by atomic mass is 16.5. The summed E-state index contributed by atoms with van der Waals surface area (Å²) in [5, 5.41) is 3.72. The molecule has 0 spiro atoms. The Bertz CT molecular complexity index is 1160. The van der Waals surface area contributed by atoms with Crippen molar-refractivity contribution in [2.75, 3.05) is 33.8 Å². The van der Waals surface area contributed by atoms with Gasteiger partial charge in [0.2, 0.25) is 0 Å². The number of aliphatic imine (C=N–C) groups is 1. The third kappa shape index (κ3) is 3.96. The molecule has 4 rings (SSSR count). The van der Waals surface area contributed by atoms with Crippen LogP contribution in [-0.4, -0.2) is 34.2 Å². The average molecular weight is 433 g/mol. The fraction of sp³-hybridized carbons (Fsp3) is 0.269. The number of hydrogen-bond acceptors (Lipinski definition) is 6. The summed E-state index contributed by atoms with van der Waals surface area (Å²) in [6.07, 6.45) is 0.645. The van der Waals surface area contributed by atoms with Gasteiger partial charge in [-0.05, 0) is 60.5 Å². The quantitative estimate of drug-likeness (QED) is 0.552. The molecule has 0 bridgehead atoms. The van der Waals surface area contributed by atoms with Crippen molar-refractivity contribution in [2.24, 2.45) is 4.99 Å². The van der Waals surface area contributed by atoms with Crippen LogP contribution in [0.3, 0.4) is 0 Å². The summed E-state index contributed by atoms with van der Waals surface area (Å²) in [4.78, 5) is 5.04. The summed E-state index contributed by atoms with van der Waals surface area (Å²) in [6.45, 7) is 2.17. The first-order valence-electron chi connectivity index (χ1n) is 10.4. The van der Waals surface area contributed by atoms with E-state index < -0.39 is 5.54 Å². The number of ether oxygens (including phenoxy) is 4. The number of methoxy groups -OCH3 is 4. The van der Waals surface area contributed by atoms with Crippen molar-refractivity contribution in [3.8, 4) is 23.0 Å². The Morgan fingerprint density at radius 1 is 0.750 bits per heavy atom. The minimum absolute atomic E-state index is 0.446. The molecule has 6 heteroatoms. The minimum Gasteiger partial charge on any atom is -0.493 e. The SMILES string of the molecule is COc1ccc(C2=Nc3ccccc3NC(C)(c3ccc(OC)c(OC)c3)C2)cc1OC. The molecule has 0 fully saturated rings. The number of benzene rings is 3. The number of fused-ring (bicyclic) bond motifs is 1. The van der Waals surface area contributed by atoms with Crippen molar-refractivity contribution in [1.82, 2.24) is 0 Å². The predicted molar refractivity (Wildman–Crippen MR) is 127 cm³/mol. The van der Waals surface area contributed by atoms with E-state index in [-0.39, 0.29) is 0 Å². The molecule has 166 valence electrons. The maximum atomic E-state index is 5.57. The Hall–Kier alpha value is -3.67. The monoisotopic (exact) mass is 432 g/mol. The molecule has 1 atom stereocenters. The molecule has 1 aliphatic rings. The predicted octanol–water partition coefficient (Wildman–Crippen LogP) is 5.57. The van der Waals surface area contributed by atoms with Crippen molar-refractivity contribution >= 4 is 17.1 Å². The van der Waals surface area contributed by atoms with Gasteiger partial charge in [0.1, 0.15) is 0 Å². The van der Waals surface area contributed by atoms with Gasteiger partial charge >= 0.3 is 0 Å². The first-order valence-corrected chi connectivity index (χ1v) is 10.4. The van der Waals surface area contributed by atoms with Crippen molar-refractivity contribution in [3.63, 3.8) is 0 Å². The van der Waals surface area contributed by atoms with Crippen LogP contribution in [0.1, 0.15) is 24.5 Å². The maximum Gasteiger partial charge on any atom is 0.161 e. The van der Waals surface area contributed by atoms with Gasteiger partial charge in [0.25, 0.3) is 0 Å². The molecule has 6 nitrogen and oxygen atoms in total. The summed E-state index contributed by atoms with van der Waals surface area (Å²) in [7, 11) is 6.56. The lowest BCUT2D eigenvalue weighted by Gasteiger charge is -2.32. The molecule has 0 saturated heterocycles. The van der Waals surface area contributed by atoms with Gasteiger partial charge in [-0.25, -0.2) is 0 Å². The van der Waals surface area contributed by atoms with Crippen molar-refractivity contribution in [3.05, 3.63) is 71.8 Å². The average Bonchev–Trinajstić information content (AvgIpc) is 2.99. The summed E-state index contributed by atoms with van der Waals surface area (Å²) in [5.41, 5.74) is 4.41. The Kier molecular flexibility index (Phi) is 5.95. The Balaban J connectivity index is 1.85. The number of nitrogens with zero attached hydrogens (tertiary/aromatic N) is 1. The molecule has 1 heterocycles. The molecule has 3 aromatic carbocycles. The molecule has 3 aromatic rings. The summed E-state index contributed by atoms with van der Waals surface area (Å²) in [6, 6.07) is 20.0. The van der Waals surface area contributed by atoms with Crippen LogP contribution in [0.4, 0.5) is 11.4 Å². The van der Waals surface area contributed by atoms with E-state index in [9.17, 15) is 0 Å². The zero-order chi connectivity index (χ0) is 22.7. The fourth-order valence-corrected chi connectivity index (χ4v) is 4.07. The van der Waals surface area contributed by atoms with Crippen molar-refractivity contribution in [1.29, 1.82) is 0 Å². The van der Waals surface area contributed by atoms with Crippen LogP contribution in [0.2, 0.25) is 0 Å². The number of rotatable bonds is 6. The van der Waals surface area contributed by atoms with E-state index in [2.05, 4.69) is 24.4 Å². The number of para-hydroxylation sites is 2. The zero-order valence-electron chi connectivity index (χ0n) is 19.1. The van der Waals surface area contributed by atoms with Gasteiger partial charge < -0.3 is 24.3 Å². The van der Waals surface area contributed by atoms with E-state index >= 15 is 0 Å². The molecule has 32 heavy (non-hydrogen) atoms. The Labute approximate surface area is 188 Å². The summed E-state index contributed by atoms with van der Waals surface area (Å²) in [5.74, 6) is 2.75. The van der Waals surface area contributed by atoms with Crippen molar-refractivity contribution < 1.29 is 18.9 Å². The van der Waals surface area contributed by atoms with Crippen LogP contribution in [-0.2, 0) is 5.54 Å². The molecule has 0 aromatic heterocycles. The highest BCUT2D eigenvalue weighted by molar-refractivity contribution is 6.05. The van der Waals surface area contributed by atoms with E-state index in [1.54, 1.807) is 28.4 Å². The van der Waals surface area contributed by atoms with Crippen LogP contribution in [0.5, 0.6) is 23.0 Å². The lowest BCUT2D eigenvalue weighted by atomic mass is 9.84. The largest absolute Gasteiger partial charge is 0.493 e. The Morgan fingerprint density at radius 2 is 1.38 bits per heavy atom. The van der Waals surface area contributed by atoms with Crippen LogP contribution < -0.4 is 24.3 Å². The van der Waals surface area contributed by atoms with E-state index in [4.69, 9.17) is 23.9 Å². The lowest BCUT2D eigenvalue weighted by molar-refractivity contribution is 0.353. The van der Waals surface area contributed by atoms with E-state index in [1.807, 2.05) is 48.5 Å². The molecule has 0 saturated carbocycles. The van der Waals surface area contributed by atoms with Gasteiger partial charge in [0, 0.05) is 6.42 Å². The van der Waals surface area contributed by atoms with Crippen molar-refractivity contribution in [2.45, 2.75) is 18.9 Å². The van der Waals surface area contributed by atoms with Gasteiger partial charge in [0.15, 0.2) is 23.0 Å². The molecule has 1 N–H and O–H groups in total. The lowest BCUT2D eigenvalue weighted by Crippen LogP contribution is -2.34. The molecule has 1 aliphatic heterocycles. The zero-order valence-corrected chi connectivity index (χ0v) is 19.1. The van der Waals surface area contributed by atoms with Gasteiger partial charge in [-0.15, -0.1) is 0 Å². The smallest absolute Gasteiger partial charge is 0.161 e. The van der Waals surface area contributed by atoms with Crippen LogP contribution in [0.25, 0.3) is 0 Å². The normalized spacial score (nSPS) is 17.3. The van der Waals surface area contributed by atoms with Crippen LogP contribution >= 0.6 is 0 Å². The van der Waals surface area contributed by atoms with Gasteiger partial charge in [-0.3, -0.25) is 4.99 Å². The van der Waals surface area contributed by atoms with Gasteiger partial charge in [0.05, 0.1) is 51.1 Å². The molecular formula is C26H28N2O4. The first kappa shape index (κ1) is 21.6. The number of anilines is 1. The molecule has 0 amide bonds. The fourth-order valence-electron chi connectivity index (χ4n) is 4.07.